The van der Waals surface area contributed by atoms with E-state index in [0.717, 1.165) is 25.4 Å². The molecule has 0 bridgehead atoms. The predicted molar refractivity (Wildman–Crippen MR) is 52.6 cm³/mol. The fourth-order valence-corrected chi connectivity index (χ4v) is 2.63. The standard InChI is InChI=1S/C8H20O3P/c1-2-3-4-5-12(6-9,7-10)8-11/h9-11H,2-8H2,1H3/q+1. The van der Waals surface area contributed by atoms with Crippen LogP contribution in [0, 0.1) is 0 Å². The Balaban J connectivity index is 3.76. The Labute approximate surface area is 74.8 Å². The van der Waals surface area contributed by atoms with E-state index in [1.54, 1.807) is 0 Å². The zero-order valence-electron chi connectivity index (χ0n) is 7.74. The fourth-order valence-electron chi connectivity index (χ4n) is 1.04. The summed E-state index contributed by atoms with van der Waals surface area (Å²) in [5.74, 6) is 0. The maximum atomic E-state index is 9.01. The third kappa shape index (κ3) is 3.81. The van der Waals surface area contributed by atoms with Gasteiger partial charge in [0, 0.05) is 0 Å². The van der Waals surface area contributed by atoms with Crippen molar-refractivity contribution in [3.8, 4) is 0 Å². The number of unbranched alkanes of at least 4 members (excludes halogenated alkanes) is 2. The van der Waals surface area contributed by atoms with Crippen LogP contribution < -0.4 is 0 Å². The SMILES string of the molecule is CCCCC[P+](CO)(CO)CO. The molecule has 0 fully saturated rings. The molecule has 0 spiro atoms. The number of aliphatic hydroxyl groups is 3. The molecule has 0 aromatic carbocycles. The molecular weight excluding hydrogens is 175 g/mol. The largest absolute Gasteiger partial charge is 0.362 e. The monoisotopic (exact) mass is 195 g/mol. The molecule has 0 atom stereocenters. The molecule has 4 heteroatoms. The molecule has 12 heavy (non-hydrogen) atoms. The lowest BCUT2D eigenvalue weighted by Gasteiger charge is -2.19. The highest BCUT2D eigenvalue weighted by Crippen LogP contribution is 2.56. The summed E-state index contributed by atoms with van der Waals surface area (Å²) in [7, 11) is -1.80. The highest BCUT2D eigenvalue weighted by Gasteiger charge is 2.34. The molecular formula is C8H20O3P+. The second-order valence-corrected chi connectivity index (χ2v) is 7.18. The quantitative estimate of drug-likeness (QED) is 0.420. The Morgan fingerprint density at radius 3 is 1.75 bits per heavy atom. The van der Waals surface area contributed by atoms with Crippen molar-refractivity contribution in [2.24, 2.45) is 0 Å². The third-order valence-electron chi connectivity index (χ3n) is 2.14. The molecule has 0 amide bonds. The van der Waals surface area contributed by atoms with Crippen molar-refractivity contribution < 1.29 is 15.3 Å². The van der Waals surface area contributed by atoms with Gasteiger partial charge in [-0.1, -0.05) is 19.8 Å². The van der Waals surface area contributed by atoms with Crippen LogP contribution in [0.1, 0.15) is 26.2 Å². The van der Waals surface area contributed by atoms with Crippen LogP contribution in [-0.4, -0.2) is 40.5 Å². The van der Waals surface area contributed by atoms with Gasteiger partial charge in [-0.3, -0.25) is 0 Å². The first-order valence-corrected chi connectivity index (χ1v) is 6.95. The van der Waals surface area contributed by atoms with E-state index in [0.29, 0.717) is 0 Å². The Kier molecular flexibility index (Phi) is 6.96. The van der Waals surface area contributed by atoms with Gasteiger partial charge < -0.3 is 15.3 Å². The second-order valence-electron chi connectivity index (χ2n) is 3.20. The molecule has 0 saturated heterocycles. The van der Waals surface area contributed by atoms with Crippen LogP contribution in [0.15, 0.2) is 0 Å². The van der Waals surface area contributed by atoms with Crippen molar-refractivity contribution in [3.05, 3.63) is 0 Å². The molecule has 0 radical (unpaired) electrons. The fraction of sp³-hybridized carbons (Fsp3) is 1.00. The summed E-state index contributed by atoms with van der Waals surface area (Å²) in [6.07, 6.45) is 3.98. The lowest BCUT2D eigenvalue weighted by molar-refractivity contribution is 0.311. The van der Waals surface area contributed by atoms with Crippen LogP contribution >= 0.6 is 7.26 Å². The Morgan fingerprint density at radius 1 is 0.917 bits per heavy atom. The van der Waals surface area contributed by atoms with E-state index in [4.69, 9.17) is 15.3 Å². The minimum atomic E-state index is -1.80. The van der Waals surface area contributed by atoms with Crippen molar-refractivity contribution in [2.75, 3.05) is 25.2 Å². The van der Waals surface area contributed by atoms with Crippen LogP contribution in [-0.2, 0) is 0 Å². The summed E-state index contributed by atoms with van der Waals surface area (Å²) >= 11 is 0. The summed E-state index contributed by atoms with van der Waals surface area (Å²) in [5, 5.41) is 27.0. The number of rotatable bonds is 7. The predicted octanol–water partition coefficient (Wildman–Crippen LogP) is 1.04. The third-order valence-corrected chi connectivity index (χ3v) is 5.20. The molecule has 0 unspecified atom stereocenters. The molecule has 0 aliphatic rings. The van der Waals surface area contributed by atoms with Gasteiger partial charge in [0.2, 0.25) is 0 Å². The molecule has 0 aliphatic carbocycles. The average Bonchev–Trinajstić information content (AvgIpc) is 2.14. The highest BCUT2D eigenvalue weighted by atomic mass is 31.2. The Bertz CT molecular complexity index is 96.2. The van der Waals surface area contributed by atoms with Crippen molar-refractivity contribution in [1.82, 2.24) is 0 Å². The van der Waals surface area contributed by atoms with Crippen LogP contribution in [0.4, 0.5) is 0 Å². The zero-order valence-corrected chi connectivity index (χ0v) is 8.63. The van der Waals surface area contributed by atoms with E-state index in [1.165, 1.54) is 0 Å². The normalized spacial score (nSPS) is 12.0. The van der Waals surface area contributed by atoms with Gasteiger partial charge in [0.05, 0.1) is 13.4 Å². The molecule has 0 saturated carbocycles. The lowest BCUT2D eigenvalue weighted by Crippen LogP contribution is -2.11. The summed E-state index contributed by atoms with van der Waals surface area (Å²) < 4.78 is 0. The first-order valence-electron chi connectivity index (χ1n) is 4.42. The summed E-state index contributed by atoms with van der Waals surface area (Å²) in [6, 6.07) is 0. The molecule has 74 valence electrons. The van der Waals surface area contributed by atoms with Gasteiger partial charge in [0.15, 0.2) is 19.0 Å². The van der Waals surface area contributed by atoms with Crippen LogP contribution in [0.2, 0.25) is 0 Å². The molecule has 0 aromatic heterocycles. The summed E-state index contributed by atoms with van der Waals surface area (Å²) in [4.78, 5) is 0. The number of hydrogen-bond acceptors (Lipinski definition) is 3. The summed E-state index contributed by atoms with van der Waals surface area (Å²) in [6.45, 7) is 2.11. The van der Waals surface area contributed by atoms with E-state index >= 15 is 0 Å². The van der Waals surface area contributed by atoms with Crippen LogP contribution in [0.5, 0.6) is 0 Å². The van der Waals surface area contributed by atoms with Crippen molar-refractivity contribution in [3.63, 3.8) is 0 Å². The van der Waals surface area contributed by atoms with Gasteiger partial charge in [-0.25, -0.2) is 0 Å². The minimum Gasteiger partial charge on any atom is -0.362 e. The lowest BCUT2D eigenvalue weighted by atomic mass is 10.3. The maximum absolute atomic E-state index is 9.01. The number of hydrogen-bond donors (Lipinski definition) is 3. The molecule has 0 aliphatic heterocycles. The van der Waals surface area contributed by atoms with Gasteiger partial charge in [-0.15, -0.1) is 0 Å². The van der Waals surface area contributed by atoms with Crippen LogP contribution in [0.25, 0.3) is 0 Å². The van der Waals surface area contributed by atoms with E-state index in [2.05, 4.69) is 6.92 Å². The van der Waals surface area contributed by atoms with Crippen LogP contribution in [0.3, 0.4) is 0 Å². The Morgan fingerprint density at radius 2 is 1.42 bits per heavy atom. The Hall–Kier alpha value is 0.310. The van der Waals surface area contributed by atoms with E-state index < -0.39 is 7.26 Å². The van der Waals surface area contributed by atoms with Gasteiger partial charge in [-0.05, 0) is 6.42 Å². The molecule has 3 nitrogen and oxygen atoms in total. The molecule has 0 heterocycles. The van der Waals surface area contributed by atoms with Gasteiger partial charge in [0.25, 0.3) is 0 Å². The molecule has 0 aromatic rings. The van der Waals surface area contributed by atoms with Gasteiger partial charge >= 0.3 is 0 Å². The zero-order chi connectivity index (χ0) is 9.45. The van der Waals surface area contributed by atoms with Gasteiger partial charge in [0.1, 0.15) is 0 Å². The van der Waals surface area contributed by atoms with Crippen molar-refractivity contribution in [1.29, 1.82) is 0 Å². The highest BCUT2D eigenvalue weighted by molar-refractivity contribution is 7.75. The maximum Gasteiger partial charge on any atom is 0.158 e. The van der Waals surface area contributed by atoms with Crippen molar-refractivity contribution in [2.45, 2.75) is 26.2 Å². The topological polar surface area (TPSA) is 60.7 Å². The number of aliphatic hydroxyl groups excluding tert-OH is 3. The van der Waals surface area contributed by atoms with E-state index in [9.17, 15) is 0 Å². The van der Waals surface area contributed by atoms with E-state index in [-0.39, 0.29) is 19.0 Å². The first-order chi connectivity index (χ1) is 5.74. The average molecular weight is 195 g/mol. The second kappa shape index (κ2) is 6.79. The smallest absolute Gasteiger partial charge is 0.158 e. The summed E-state index contributed by atoms with van der Waals surface area (Å²) in [5.41, 5.74) is 0. The molecule has 3 N–H and O–H groups in total. The first kappa shape index (κ1) is 12.3. The van der Waals surface area contributed by atoms with E-state index in [1.807, 2.05) is 0 Å². The van der Waals surface area contributed by atoms with Gasteiger partial charge in [-0.2, -0.15) is 0 Å². The van der Waals surface area contributed by atoms with Crippen molar-refractivity contribution >= 4 is 7.26 Å². The minimum absolute atomic E-state index is 0.0241. The molecule has 0 rings (SSSR count).